The molecule has 0 bridgehead atoms. The zero-order valence-electron chi connectivity index (χ0n) is 18.3. The molecule has 3 heterocycles. The molecule has 3 aromatic rings. The summed E-state index contributed by atoms with van der Waals surface area (Å²) >= 11 is 0. The molecule has 1 saturated heterocycles. The molecule has 166 valence electrons. The molecule has 0 saturated carbocycles. The fourth-order valence-corrected chi connectivity index (χ4v) is 4.50. The Morgan fingerprint density at radius 3 is 2.72 bits per heavy atom. The molecule has 7 nitrogen and oxygen atoms in total. The molecule has 2 aliphatic rings. The number of amides is 1. The Hall–Kier alpha value is -3.32. The summed E-state index contributed by atoms with van der Waals surface area (Å²) in [6.07, 6.45) is 2.97. The number of benzene rings is 2. The molecule has 1 atom stereocenters. The third kappa shape index (κ3) is 4.34. The molecule has 0 unspecified atom stereocenters. The lowest BCUT2D eigenvalue weighted by Gasteiger charge is -2.25. The van der Waals surface area contributed by atoms with Crippen molar-refractivity contribution in [2.45, 2.75) is 32.2 Å². The van der Waals surface area contributed by atoms with Crippen LogP contribution in [0.2, 0.25) is 0 Å². The van der Waals surface area contributed by atoms with E-state index < -0.39 is 0 Å². The second kappa shape index (κ2) is 9.04. The quantitative estimate of drug-likeness (QED) is 0.657. The monoisotopic (exact) mass is 432 g/mol. The summed E-state index contributed by atoms with van der Waals surface area (Å²) in [5.41, 5.74) is 2.95. The average molecular weight is 433 g/mol. The number of carbonyl (C=O) groups is 1. The van der Waals surface area contributed by atoms with Crippen molar-refractivity contribution in [3.8, 4) is 17.2 Å². The Morgan fingerprint density at radius 1 is 1.06 bits per heavy atom. The van der Waals surface area contributed by atoms with Crippen LogP contribution in [-0.2, 0) is 4.79 Å². The number of nitrogens with zero attached hydrogens (tertiary/aromatic N) is 3. The van der Waals surface area contributed by atoms with E-state index in [-0.39, 0.29) is 11.9 Å². The highest BCUT2D eigenvalue weighted by Gasteiger charge is 2.29. The number of hydrogen-bond acceptors (Lipinski definition) is 5. The van der Waals surface area contributed by atoms with E-state index in [4.69, 9.17) is 9.47 Å². The van der Waals surface area contributed by atoms with E-state index in [1.165, 1.54) is 5.56 Å². The van der Waals surface area contributed by atoms with Gasteiger partial charge >= 0.3 is 0 Å². The number of nitrogens with one attached hydrogen (secondary N) is 1. The van der Waals surface area contributed by atoms with E-state index in [2.05, 4.69) is 27.4 Å². The van der Waals surface area contributed by atoms with E-state index in [1.54, 1.807) is 4.68 Å². The fraction of sp³-hybridized carbons (Fsp3) is 0.360. The van der Waals surface area contributed by atoms with Gasteiger partial charge in [0.1, 0.15) is 5.82 Å². The Morgan fingerprint density at radius 2 is 1.88 bits per heavy atom. The van der Waals surface area contributed by atoms with Gasteiger partial charge in [-0.25, -0.2) is 4.68 Å². The molecular weight excluding hydrogens is 404 g/mol. The fourth-order valence-electron chi connectivity index (χ4n) is 4.50. The first kappa shape index (κ1) is 20.6. The van der Waals surface area contributed by atoms with Gasteiger partial charge in [0.25, 0.3) is 0 Å². The van der Waals surface area contributed by atoms with Crippen LogP contribution in [0.3, 0.4) is 0 Å². The maximum atomic E-state index is 13.0. The SMILES string of the molecule is Cc1cc(NC(=O)CN2CCC[C@@H]2c2ccc3c(c2)OCCCO3)n(-c2ccccc2)n1. The highest BCUT2D eigenvalue weighted by molar-refractivity contribution is 5.91. The van der Waals surface area contributed by atoms with Crippen LogP contribution in [0, 0.1) is 6.92 Å². The van der Waals surface area contributed by atoms with E-state index in [9.17, 15) is 4.79 Å². The lowest BCUT2D eigenvalue weighted by molar-refractivity contribution is -0.117. The van der Waals surface area contributed by atoms with Crippen LogP contribution in [0.25, 0.3) is 5.69 Å². The third-order valence-corrected chi connectivity index (χ3v) is 5.97. The molecule has 0 aliphatic carbocycles. The van der Waals surface area contributed by atoms with Gasteiger partial charge in [-0.3, -0.25) is 9.69 Å². The molecular formula is C25H28N4O3. The molecule has 2 aliphatic heterocycles. The minimum Gasteiger partial charge on any atom is -0.490 e. The number of aromatic nitrogens is 2. The first-order valence-corrected chi connectivity index (χ1v) is 11.2. The molecule has 7 heteroatoms. The second-order valence-electron chi connectivity index (χ2n) is 8.35. The molecule has 0 spiro atoms. The largest absolute Gasteiger partial charge is 0.490 e. The van der Waals surface area contributed by atoms with Crippen LogP contribution in [0.15, 0.2) is 54.6 Å². The second-order valence-corrected chi connectivity index (χ2v) is 8.35. The molecule has 1 amide bonds. The first-order valence-electron chi connectivity index (χ1n) is 11.2. The summed E-state index contributed by atoms with van der Waals surface area (Å²) in [4.78, 5) is 15.2. The minimum atomic E-state index is -0.0386. The van der Waals surface area contributed by atoms with Crippen molar-refractivity contribution in [2.75, 3.05) is 31.6 Å². The van der Waals surface area contributed by atoms with Gasteiger partial charge < -0.3 is 14.8 Å². The van der Waals surface area contributed by atoms with Crippen molar-refractivity contribution >= 4 is 11.7 Å². The van der Waals surface area contributed by atoms with E-state index in [0.717, 1.165) is 48.7 Å². The van der Waals surface area contributed by atoms with Gasteiger partial charge in [0.2, 0.25) is 5.91 Å². The smallest absolute Gasteiger partial charge is 0.239 e. The van der Waals surface area contributed by atoms with Crippen LogP contribution in [0.4, 0.5) is 5.82 Å². The van der Waals surface area contributed by atoms with E-state index >= 15 is 0 Å². The van der Waals surface area contributed by atoms with E-state index in [0.29, 0.717) is 25.6 Å². The summed E-state index contributed by atoms with van der Waals surface area (Å²) in [6, 6.07) is 18.1. The maximum Gasteiger partial charge on any atom is 0.239 e. The highest BCUT2D eigenvalue weighted by Crippen LogP contribution is 2.37. The van der Waals surface area contributed by atoms with Gasteiger partial charge in [0.05, 0.1) is 31.1 Å². The Bertz CT molecular complexity index is 1100. The predicted octanol–water partition coefficient (Wildman–Crippen LogP) is 4.12. The number of aryl methyl sites for hydroxylation is 1. The van der Waals surface area contributed by atoms with Crippen molar-refractivity contribution in [1.82, 2.24) is 14.7 Å². The Labute approximate surface area is 187 Å². The van der Waals surface area contributed by atoms with Crippen molar-refractivity contribution in [1.29, 1.82) is 0 Å². The number of anilines is 1. The first-order chi connectivity index (χ1) is 15.7. The van der Waals surface area contributed by atoms with Gasteiger partial charge in [0, 0.05) is 18.5 Å². The number of carbonyl (C=O) groups excluding carboxylic acids is 1. The Balaban J connectivity index is 1.30. The maximum absolute atomic E-state index is 13.0. The standard InChI is InChI=1S/C25H28N4O3/c1-18-15-24(29(27-18)20-7-3-2-4-8-20)26-25(30)17-28-12-5-9-21(28)19-10-11-22-23(16-19)32-14-6-13-31-22/h2-4,7-8,10-11,15-16,21H,5-6,9,12-14,17H2,1H3,(H,26,30)/t21-/m1/s1. The van der Waals surface area contributed by atoms with Gasteiger partial charge in [-0.1, -0.05) is 24.3 Å². The van der Waals surface area contributed by atoms with Crippen molar-refractivity contribution in [2.24, 2.45) is 0 Å². The molecule has 5 rings (SSSR count). The molecule has 1 fully saturated rings. The van der Waals surface area contributed by atoms with Gasteiger partial charge in [-0.05, 0) is 56.1 Å². The normalized spacial score (nSPS) is 18.3. The third-order valence-electron chi connectivity index (χ3n) is 5.97. The van der Waals surface area contributed by atoms with Crippen LogP contribution < -0.4 is 14.8 Å². The topological polar surface area (TPSA) is 68.6 Å². The van der Waals surface area contributed by atoms with Crippen LogP contribution in [-0.4, -0.2) is 46.9 Å². The lowest BCUT2D eigenvalue weighted by atomic mass is 10.0. The molecule has 0 radical (unpaired) electrons. The van der Waals surface area contributed by atoms with Crippen molar-refractivity contribution < 1.29 is 14.3 Å². The van der Waals surface area contributed by atoms with Gasteiger partial charge in [-0.15, -0.1) is 0 Å². The predicted molar refractivity (Wildman–Crippen MR) is 123 cm³/mol. The Kier molecular flexibility index (Phi) is 5.81. The molecule has 2 aromatic carbocycles. The molecule has 1 aromatic heterocycles. The van der Waals surface area contributed by atoms with Gasteiger partial charge in [-0.2, -0.15) is 5.10 Å². The number of fused-ring (bicyclic) bond motifs is 1. The minimum absolute atomic E-state index is 0.0386. The average Bonchev–Trinajstić information content (AvgIpc) is 3.32. The highest BCUT2D eigenvalue weighted by atomic mass is 16.5. The number of rotatable bonds is 5. The summed E-state index contributed by atoms with van der Waals surface area (Å²) in [7, 11) is 0. The van der Waals surface area contributed by atoms with Crippen LogP contribution in [0.1, 0.15) is 36.6 Å². The van der Waals surface area contributed by atoms with E-state index in [1.807, 2.05) is 49.4 Å². The molecule has 1 N–H and O–H groups in total. The van der Waals surface area contributed by atoms with Gasteiger partial charge in [0.15, 0.2) is 11.5 Å². The summed E-state index contributed by atoms with van der Waals surface area (Å²) in [5.74, 6) is 2.25. The number of hydrogen-bond donors (Lipinski definition) is 1. The zero-order valence-corrected chi connectivity index (χ0v) is 18.3. The summed E-state index contributed by atoms with van der Waals surface area (Å²) in [5, 5.41) is 7.60. The number of para-hydroxylation sites is 1. The number of ether oxygens (including phenoxy) is 2. The van der Waals surface area contributed by atoms with Crippen molar-refractivity contribution in [3.05, 3.63) is 65.9 Å². The van der Waals surface area contributed by atoms with Crippen LogP contribution in [0.5, 0.6) is 11.5 Å². The number of likely N-dealkylation sites (tertiary alicyclic amines) is 1. The molecule has 32 heavy (non-hydrogen) atoms. The summed E-state index contributed by atoms with van der Waals surface area (Å²) < 4.78 is 13.4. The van der Waals surface area contributed by atoms with Crippen LogP contribution >= 0.6 is 0 Å². The van der Waals surface area contributed by atoms with Crippen molar-refractivity contribution in [3.63, 3.8) is 0 Å². The summed E-state index contributed by atoms with van der Waals surface area (Å²) in [6.45, 7) is 4.50. The zero-order chi connectivity index (χ0) is 21.9. The lowest BCUT2D eigenvalue weighted by Crippen LogP contribution is -2.33.